The van der Waals surface area contributed by atoms with Crippen LogP contribution in [0.5, 0.6) is 0 Å². The molecule has 0 radical (unpaired) electrons. The maximum Gasteiger partial charge on any atom is 0.0497 e. The van der Waals surface area contributed by atoms with Gasteiger partial charge in [0.05, 0.1) is 0 Å². The van der Waals surface area contributed by atoms with E-state index in [1.165, 1.54) is 0 Å². The van der Waals surface area contributed by atoms with Gasteiger partial charge in [-0.15, -0.1) is 11.3 Å². The topological polar surface area (TPSA) is 46.2 Å². The minimum Gasteiger partial charge on any atom is -0.396 e. The summed E-state index contributed by atoms with van der Waals surface area (Å²) in [6.07, 6.45) is 0.597. The summed E-state index contributed by atoms with van der Waals surface area (Å²) in [5.41, 5.74) is 5.59. The van der Waals surface area contributed by atoms with Gasteiger partial charge < -0.3 is 10.8 Å². The fraction of sp³-hybridized carbons (Fsp3) is 0.500. The lowest BCUT2D eigenvalue weighted by molar-refractivity contribution is 0.249. The first kappa shape index (κ1) is 10.2. The smallest absolute Gasteiger partial charge is 0.0497 e. The van der Waals surface area contributed by atoms with Crippen molar-refractivity contribution in [2.75, 3.05) is 6.61 Å². The molecular formula is C8H12BrNOS. The van der Waals surface area contributed by atoms with E-state index in [2.05, 4.69) is 15.9 Å². The summed E-state index contributed by atoms with van der Waals surface area (Å²) in [5.74, 6) is 0. The second kappa shape index (κ2) is 3.87. The number of hydrogen-bond acceptors (Lipinski definition) is 3. The SMILES string of the molecule is CC(N)(CCO)c1cc(Br)cs1. The van der Waals surface area contributed by atoms with Crippen molar-refractivity contribution in [3.8, 4) is 0 Å². The monoisotopic (exact) mass is 249 g/mol. The second-order valence-corrected chi connectivity index (χ2v) is 4.85. The normalized spacial score (nSPS) is 16.0. The number of nitrogens with two attached hydrogens (primary N) is 1. The molecular weight excluding hydrogens is 238 g/mol. The Balaban J connectivity index is 2.81. The van der Waals surface area contributed by atoms with E-state index in [9.17, 15) is 0 Å². The van der Waals surface area contributed by atoms with Gasteiger partial charge in [0.25, 0.3) is 0 Å². The average molecular weight is 250 g/mol. The number of halogens is 1. The van der Waals surface area contributed by atoms with Gasteiger partial charge >= 0.3 is 0 Å². The summed E-state index contributed by atoms with van der Waals surface area (Å²) in [5, 5.41) is 10.8. The summed E-state index contributed by atoms with van der Waals surface area (Å²) in [7, 11) is 0. The maximum atomic E-state index is 8.78. The molecule has 1 aromatic rings. The van der Waals surface area contributed by atoms with Gasteiger partial charge in [0.2, 0.25) is 0 Å². The largest absolute Gasteiger partial charge is 0.396 e. The first-order valence-electron chi connectivity index (χ1n) is 3.70. The van der Waals surface area contributed by atoms with Crippen LogP contribution in [0, 0.1) is 0 Å². The predicted molar refractivity (Wildman–Crippen MR) is 55.3 cm³/mol. The first-order chi connectivity index (χ1) is 5.56. The van der Waals surface area contributed by atoms with Crippen LogP contribution in [-0.4, -0.2) is 11.7 Å². The molecule has 1 atom stereocenters. The zero-order valence-electron chi connectivity index (χ0n) is 6.88. The van der Waals surface area contributed by atoms with E-state index in [0.29, 0.717) is 6.42 Å². The molecule has 0 aliphatic carbocycles. The Morgan fingerprint density at radius 3 is 2.83 bits per heavy atom. The van der Waals surface area contributed by atoms with Crippen molar-refractivity contribution in [2.24, 2.45) is 5.73 Å². The summed E-state index contributed by atoms with van der Waals surface area (Å²) in [6, 6.07) is 2.00. The maximum absolute atomic E-state index is 8.78. The number of thiophene rings is 1. The highest BCUT2D eigenvalue weighted by molar-refractivity contribution is 9.10. The third-order valence-corrected chi connectivity index (χ3v) is 3.73. The predicted octanol–water partition coefficient (Wildman–Crippen LogP) is 2.07. The third-order valence-electron chi connectivity index (χ3n) is 1.76. The zero-order chi connectivity index (χ0) is 9.19. The summed E-state index contributed by atoms with van der Waals surface area (Å²) in [4.78, 5) is 1.10. The molecule has 0 saturated heterocycles. The van der Waals surface area contributed by atoms with E-state index in [1.807, 2.05) is 18.4 Å². The number of hydrogen-bond donors (Lipinski definition) is 2. The highest BCUT2D eigenvalue weighted by Gasteiger charge is 2.21. The van der Waals surface area contributed by atoms with Crippen LogP contribution in [0.4, 0.5) is 0 Å². The Kier molecular flexibility index (Phi) is 3.29. The highest BCUT2D eigenvalue weighted by Crippen LogP contribution is 2.29. The Labute approximate surface area is 84.5 Å². The summed E-state index contributed by atoms with van der Waals surface area (Å²) < 4.78 is 1.05. The van der Waals surface area contributed by atoms with Crippen LogP contribution in [0.1, 0.15) is 18.2 Å². The van der Waals surface area contributed by atoms with Gasteiger partial charge in [-0.05, 0) is 35.3 Å². The number of aliphatic hydroxyl groups is 1. The van der Waals surface area contributed by atoms with E-state index in [0.717, 1.165) is 9.35 Å². The lowest BCUT2D eigenvalue weighted by atomic mass is 9.98. The van der Waals surface area contributed by atoms with Crippen LogP contribution in [0.3, 0.4) is 0 Å². The summed E-state index contributed by atoms with van der Waals surface area (Å²) >= 11 is 4.98. The van der Waals surface area contributed by atoms with Crippen LogP contribution in [0.2, 0.25) is 0 Å². The third kappa shape index (κ3) is 2.29. The molecule has 1 aromatic heterocycles. The van der Waals surface area contributed by atoms with Crippen molar-refractivity contribution in [3.63, 3.8) is 0 Å². The van der Waals surface area contributed by atoms with Crippen molar-refractivity contribution in [2.45, 2.75) is 18.9 Å². The van der Waals surface area contributed by atoms with Gasteiger partial charge in [0, 0.05) is 26.9 Å². The Bertz CT molecular complexity index is 259. The molecule has 1 heterocycles. The van der Waals surface area contributed by atoms with E-state index >= 15 is 0 Å². The van der Waals surface area contributed by atoms with Crippen molar-refractivity contribution < 1.29 is 5.11 Å². The van der Waals surface area contributed by atoms with Gasteiger partial charge in [-0.2, -0.15) is 0 Å². The van der Waals surface area contributed by atoms with Gasteiger partial charge in [-0.1, -0.05) is 0 Å². The van der Waals surface area contributed by atoms with Crippen LogP contribution >= 0.6 is 27.3 Å². The molecule has 4 heteroatoms. The molecule has 3 N–H and O–H groups in total. The fourth-order valence-electron chi connectivity index (χ4n) is 0.968. The van der Waals surface area contributed by atoms with Gasteiger partial charge in [-0.3, -0.25) is 0 Å². The average Bonchev–Trinajstić information content (AvgIpc) is 2.36. The molecule has 1 unspecified atom stereocenters. The van der Waals surface area contributed by atoms with Crippen molar-refractivity contribution in [1.29, 1.82) is 0 Å². The molecule has 2 nitrogen and oxygen atoms in total. The zero-order valence-corrected chi connectivity index (χ0v) is 9.28. The minimum atomic E-state index is -0.397. The van der Waals surface area contributed by atoms with Gasteiger partial charge in [-0.25, -0.2) is 0 Å². The van der Waals surface area contributed by atoms with Crippen molar-refractivity contribution >= 4 is 27.3 Å². The summed E-state index contributed by atoms with van der Waals surface area (Å²) in [6.45, 7) is 2.06. The number of rotatable bonds is 3. The lowest BCUT2D eigenvalue weighted by Gasteiger charge is -2.21. The standard InChI is InChI=1S/C8H12BrNOS/c1-8(10,2-3-11)7-4-6(9)5-12-7/h4-5,11H,2-3,10H2,1H3. The Morgan fingerprint density at radius 1 is 1.75 bits per heavy atom. The molecule has 0 aliphatic heterocycles. The molecule has 1 rings (SSSR count). The lowest BCUT2D eigenvalue weighted by Crippen LogP contribution is -2.32. The van der Waals surface area contributed by atoms with E-state index in [4.69, 9.17) is 10.8 Å². The Morgan fingerprint density at radius 2 is 2.42 bits per heavy atom. The van der Waals surface area contributed by atoms with Crippen molar-refractivity contribution in [3.05, 3.63) is 20.8 Å². The quantitative estimate of drug-likeness (QED) is 0.862. The van der Waals surface area contributed by atoms with Crippen molar-refractivity contribution in [1.82, 2.24) is 0 Å². The van der Waals surface area contributed by atoms with E-state index in [1.54, 1.807) is 11.3 Å². The molecule has 0 fully saturated rings. The molecule has 0 saturated carbocycles. The molecule has 0 spiro atoms. The molecule has 68 valence electrons. The fourth-order valence-corrected chi connectivity index (χ4v) is 2.50. The van der Waals surface area contributed by atoms with Crippen LogP contribution in [-0.2, 0) is 5.54 Å². The minimum absolute atomic E-state index is 0.127. The first-order valence-corrected chi connectivity index (χ1v) is 5.38. The van der Waals surface area contributed by atoms with Crippen LogP contribution in [0.15, 0.2) is 15.9 Å². The van der Waals surface area contributed by atoms with E-state index in [-0.39, 0.29) is 6.61 Å². The molecule has 0 amide bonds. The van der Waals surface area contributed by atoms with E-state index < -0.39 is 5.54 Å². The number of aliphatic hydroxyl groups excluding tert-OH is 1. The molecule has 0 bridgehead atoms. The van der Waals surface area contributed by atoms with Crippen LogP contribution in [0.25, 0.3) is 0 Å². The van der Waals surface area contributed by atoms with Gasteiger partial charge in [0.1, 0.15) is 0 Å². The van der Waals surface area contributed by atoms with Gasteiger partial charge in [0.15, 0.2) is 0 Å². The molecule has 0 aromatic carbocycles. The molecule has 12 heavy (non-hydrogen) atoms. The Hall–Kier alpha value is 0.1000. The molecule has 0 aliphatic rings. The van der Waals surface area contributed by atoms with Crippen LogP contribution < -0.4 is 5.73 Å². The highest BCUT2D eigenvalue weighted by atomic mass is 79.9. The second-order valence-electron chi connectivity index (χ2n) is 3.02.